The van der Waals surface area contributed by atoms with Crippen LogP contribution < -0.4 is 5.32 Å². The highest BCUT2D eigenvalue weighted by Gasteiger charge is 2.13. The van der Waals surface area contributed by atoms with E-state index in [9.17, 15) is 9.18 Å². The van der Waals surface area contributed by atoms with E-state index in [1.54, 1.807) is 13.0 Å². The summed E-state index contributed by atoms with van der Waals surface area (Å²) < 4.78 is 18.8. The zero-order chi connectivity index (χ0) is 17.8. The van der Waals surface area contributed by atoms with Crippen molar-refractivity contribution < 1.29 is 13.6 Å². The summed E-state index contributed by atoms with van der Waals surface area (Å²) in [6.07, 6.45) is 0. The van der Waals surface area contributed by atoms with Crippen LogP contribution in [0.3, 0.4) is 0 Å². The number of anilines is 1. The largest absolute Gasteiger partial charge is 0.411 e. The first-order chi connectivity index (χ1) is 12.0. The molecule has 0 spiro atoms. The summed E-state index contributed by atoms with van der Waals surface area (Å²) >= 11 is 1.13. The fourth-order valence-electron chi connectivity index (χ4n) is 2.23. The first-order valence-electron chi connectivity index (χ1n) is 7.61. The lowest BCUT2D eigenvalue weighted by molar-refractivity contribution is -0.113. The second-order valence-corrected chi connectivity index (χ2v) is 6.41. The molecule has 0 aliphatic carbocycles. The third-order valence-corrected chi connectivity index (χ3v) is 4.40. The van der Waals surface area contributed by atoms with E-state index in [0.29, 0.717) is 16.8 Å². The molecule has 5 nitrogen and oxygen atoms in total. The monoisotopic (exact) mass is 357 g/mol. The van der Waals surface area contributed by atoms with Crippen molar-refractivity contribution in [3.8, 4) is 11.5 Å². The van der Waals surface area contributed by atoms with Crippen LogP contribution in [0.4, 0.5) is 10.1 Å². The lowest BCUT2D eigenvalue weighted by atomic mass is 10.1. The molecular weight excluding hydrogens is 341 g/mol. The Bertz CT molecular complexity index is 911. The van der Waals surface area contributed by atoms with Crippen LogP contribution in [0.15, 0.2) is 52.1 Å². The summed E-state index contributed by atoms with van der Waals surface area (Å²) in [7, 11) is 0. The average molecular weight is 357 g/mol. The van der Waals surface area contributed by atoms with Gasteiger partial charge in [-0.15, -0.1) is 10.2 Å². The summed E-state index contributed by atoms with van der Waals surface area (Å²) in [5.41, 5.74) is 3.14. The van der Waals surface area contributed by atoms with Gasteiger partial charge in [-0.2, -0.15) is 0 Å². The Hall–Kier alpha value is -2.67. The van der Waals surface area contributed by atoms with Crippen LogP contribution in [0.25, 0.3) is 11.5 Å². The lowest BCUT2D eigenvalue weighted by Gasteiger charge is -2.07. The standard InChI is InChI=1S/C18H16FN3O2S/c1-11-5-3-4-6-14(11)17-21-22-18(24-17)25-10-16(23)20-15-9-13(19)8-7-12(15)2/h3-9H,10H2,1-2H3,(H,20,23). The van der Waals surface area contributed by atoms with Gasteiger partial charge in [0.05, 0.1) is 5.75 Å². The minimum Gasteiger partial charge on any atom is -0.411 e. The number of rotatable bonds is 5. The van der Waals surface area contributed by atoms with Gasteiger partial charge in [-0.1, -0.05) is 36.0 Å². The van der Waals surface area contributed by atoms with Gasteiger partial charge in [0.1, 0.15) is 5.82 Å². The van der Waals surface area contributed by atoms with Crippen molar-refractivity contribution in [1.29, 1.82) is 0 Å². The van der Waals surface area contributed by atoms with Gasteiger partial charge in [0.15, 0.2) is 0 Å². The summed E-state index contributed by atoms with van der Waals surface area (Å²) in [5, 5.41) is 11.0. The summed E-state index contributed by atoms with van der Waals surface area (Å²) in [4.78, 5) is 12.0. The second kappa shape index (κ2) is 7.48. The van der Waals surface area contributed by atoms with Gasteiger partial charge in [0.25, 0.3) is 5.22 Å². The van der Waals surface area contributed by atoms with Crippen molar-refractivity contribution in [2.24, 2.45) is 0 Å². The van der Waals surface area contributed by atoms with Gasteiger partial charge in [-0.05, 0) is 43.2 Å². The summed E-state index contributed by atoms with van der Waals surface area (Å²) in [6, 6.07) is 12.0. The Labute approximate surface area is 148 Å². The topological polar surface area (TPSA) is 68.0 Å². The molecule has 1 N–H and O–H groups in total. The molecule has 0 aliphatic rings. The Balaban J connectivity index is 1.61. The minimum atomic E-state index is -0.395. The third kappa shape index (κ3) is 4.24. The normalized spacial score (nSPS) is 10.7. The van der Waals surface area contributed by atoms with Crippen molar-refractivity contribution in [3.05, 3.63) is 59.4 Å². The van der Waals surface area contributed by atoms with E-state index in [-0.39, 0.29) is 11.7 Å². The van der Waals surface area contributed by atoms with E-state index >= 15 is 0 Å². The fraction of sp³-hybridized carbons (Fsp3) is 0.167. The molecule has 1 aromatic heterocycles. The quantitative estimate of drug-likeness (QED) is 0.692. The number of aryl methyl sites for hydroxylation is 2. The Morgan fingerprint density at radius 1 is 1.16 bits per heavy atom. The van der Waals surface area contributed by atoms with Crippen molar-refractivity contribution >= 4 is 23.4 Å². The smallest absolute Gasteiger partial charge is 0.277 e. The maximum Gasteiger partial charge on any atom is 0.277 e. The van der Waals surface area contributed by atoms with Gasteiger partial charge < -0.3 is 9.73 Å². The molecular formula is C18H16FN3O2S. The molecule has 0 aliphatic heterocycles. The molecule has 25 heavy (non-hydrogen) atoms. The molecule has 128 valence electrons. The number of hydrogen-bond donors (Lipinski definition) is 1. The highest BCUT2D eigenvalue weighted by molar-refractivity contribution is 7.99. The molecule has 3 rings (SSSR count). The van der Waals surface area contributed by atoms with E-state index in [1.807, 2.05) is 31.2 Å². The third-order valence-electron chi connectivity index (χ3n) is 3.58. The minimum absolute atomic E-state index is 0.0886. The van der Waals surface area contributed by atoms with Gasteiger partial charge >= 0.3 is 0 Å². The Morgan fingerprint density at radius 2 is 1.96 bits per heavy atom. The van der Waals surface area contributed by atoms with Gasteiger partial charge in [0.2, 0.25) is 11.8 Å². The molecule has 0 bridgehead atoms. The molecule has 0 unspecified atom stereocenters. The summed E-state index contributed by atoms with van der Waals surface area (Å²) in [5.74, 6) is -0.157. The zero-order valence-electron chi connectivity index (χ0n) is 13.7. The van der Waals surface area contributed by atoms with Crippen LogP contribution >= 0.6 is 11.8 Å². The highest BCUT2D eigenvalue weighted by atomic mass is 32.2. The number of carbonyl (C=O) groups is 1. The number of amides is 1. The number of hydrogen-bond acceptors (Lipinski definition) is 5. The van der Waals surface area contributed by atoms with Crippen molar-refractivity contribution in [1.82, 2.24) is 10.2 Å². The number of nitrogens with one attached hydrogen (secondary N) is 1. The first-order valence-corrected chi connectivity index (χ1v) is 8.60. The molecule has 1 amide bonds. The number of halogens is 1. The average Bonchev–Trinajstić information content (AvgIpc) is 3.05. The molecule has 7 heteroatoms. The maximum absolute atomic E-state index is 13.3. The van der Waals surface area contributed by atoms with Crippen LogP contribution in [0.5, 0.6) is 0 Å². The SMILES string of the molecule is Cc1ccc(F)cc1NC(=O)CSc1nnc(-c2ccccc2C)o1. The zero-order valence-corrected chi connectivity index (χ0v) is 14.6. The molecule has 0 fully saturated rings. The number of nitrogens with zero attached hydrogens (tertiary/aromatic N) is 2. The Morgan fingerprint density at radius 3 is 2.76 bits per heavy atom. The van der Waals surface area contributed by atoms with E-state index in [4.69, 9.17) is 4.42 Å². The van der Waals surface area contributed by atoms with E-state index in [0.717, 1.165) is 28.5 Å². The second-order valence-electron chi connectivity index (χ2n) is 5.48. The van der Waals surface area contributed by atoms with Gasteiger partial charge in [-0.3, -0.25) is 4.79 Å². The van der Waals surface area contributed by atoms with E-state index in [1.165, 1.54) is 12.1 Å². The lowest BCUT2D eigenvalue weighted by Crippen LogP contribution is -2.15. The van der Waals surface area contributed by atoms with Crippen molar-refractivity contribution in [2.45, 2.75) is 19.1 Å². The fourth-order valence-corrected chi connectivity index (χ4v) is 2.80. The van der Waals surface area contributed by atoms with Crippen LogP contribution in [-0.2, 0) is 4.79 Å². The molecule has 0 saturated heterocycles. The highest BCUT2D eigenvalue weighted by Crippen LogP contribution is 2.25. The van der Waals surface area contributed by atoms with Crippen molar-refractivity contribution in [3.63, 3.8) is 0 Å². The van der Waals surface area contributed by atoms with E-state index < -0.39 is 5.82 Å². The van der Waals surface area contributed by atoms with Crippen LogP contribution in [0.2, 0.25) is 0 Å². The molecule has 2 aromatic carbocycles. The maximum atomic E-state index is 13.3. The van der Waals surface area contributed by atoms with Crippen LogP contribution in [0, 0.1) is 19.7 Å². The number of benzene rings is 2. The van der Waals surface area contributed by atoms with Gasteiger partial charge in [0, 0.05) is 11.3 Å². The molecule has 0 saturated carbocycles. The van der Waals surface area contributed by atoms with Crippen LogP contribution in [0.1, 0.15) is 11.1 Å². The number of aromatic nitrogens is 2. The molecule has 0 atom stereocenters. The van der Waals surface area contributed by atoms with Crippen molar-refractivity contribution in [2.75, 3.05) is 11.1 Å². The Kier molecular flexibility index (Phi) is 5.14. The van der Waals surface area contributed by atoms with Crippen LogP contribution in [-0.4, -0.2) is 21.9 Å². The predicted octanol–water partition coefficient (Wildman–Crippen LogP) is 4.22. The molecule has 3 aromatic rings. The first kappa shape index (κ1) is 17.2. The van der Waals surface area contributed by atoms with Gasteiger partial charge in [-0.25, -0.2) is 4.39 Å². The predicted molar refractivity (Wildman–Crippen MR) is 95.0 cm³/mol. The molecule has 0 radical (unpaired) electrons. The molecule has 1 heterocycles. The summed E-state index contributed by atoms with van der Waals surface area (Å²) in [6.45, 7) is 3.76. The van der Waals surface area contributed by atoms with E-state index in [2.05, 4.69) is 15.5 Å². The number of thioether (sulfide) groups is 1. The number of carbonyl (C=O) groups excluding carboxylic acids is 1.